The number of amides is 1. The molecule has 0 saturated carbocycles. The number of nitrogens with zero attached hydrogens (tertiary/aromatic N) is 4. The van der Waals surface area contributed by atoms with Crippen LogP contribution in [0, 0.1) is 0 Å². The minimum atomic E-state index is 0.152. The number of carbonyl (C=O) groups is 1. The molecule has 1 heterocycles. The van der Waals surface area contributed by atoms with Crippen LogP contribution in [0.2, 0.25) is 0 Å². The van der Waals surface area contributed by atoms with Crippen molar-refractivity contribution in [1.29, 1.82) is 0 Å². The van der Waals surface area contributed by atoms with Gasteiger partial charge in [0, 0.05) is 46.2 Å². The maximum atomic E-state index is 11.5. The Balaban J connectivity index is 2.01. The van der Waals surface area contributed by atoms with Crippen molar-refractivity contribution in [2.45, 2.75) is 26.9 Å². The molecule has 0 radical (unpaired) electrons. The number of aliphatic imine (C=N–C) groups is 1. The van der Waals surface area contributed by atoms with Gasteiger partial charge in [0.2, 0.25) is 5.91 Å². The molecule has 0 unspecified atom stereocenters. The maximum Gasteiger partial charge on any atom is 0.219 e. The van der Waals surface area contributed by atoms with Crippen LogP contribution in [0.25, 0.3) is 0 Å². The summed E-state index contributed by atoms with van der Waals surface area (Å²) in [6.07, 6.45) is 0. The molecule has 0 atom stereocenters. The Morgan fingerprint density at radius 1 is 1.16 bits per heavy atom. The van der Waals surface area contributed by atoms with Crippen LogP contribution >= 0.6 is 0 Å². The zero-order chi connectivity index (χ0) is 18.2. The fraction of sp³-hybridized carbons (Fsp3) is 0.579. The van der Waals surface area contributed by atoms with Crippen molar-refractivity contribution in [3.05, 3.63) is 35.4 Å². The third-order valence-electron chi connectivity index (χ3n) is 4.26. The number of piperazine rings is 1. The lowest BCUT2D eigenvalue weighted by Gasteiger charge is -2.36. The number of hydrogen-bond acceptors (Lipinski definition) is 3. The second-order valence-electron chi connectivity index (χ2n) is 6.72. The lowest BCUT2D eigenvalue weighted by molar-refractivity contribution is -0.130. The molecule has 138 valence electrons. The molecular formula is C19H31N5O. The molecule has 1 aliphatic rings. The second-order valence-corrected chi connectivity index (χ2v) is 6.72. The summed E-state index contributed by atoms with van der Waals surface area (Å²) in [5.74, 6) is 1.09. The van der Waals surface area contributed by atoms with Crippen LogP contribution in [0.5, 0.6) is 0 Å². The minimum absolute atomic E-state index is 0.152. The lowest BCUT2D eigenvalue weighted by atomic mass is 10.1. The van der Waals surface area contributed by atoms with Gasteiger partial charge in [-0.05, 0) is 32.1 Å². The highest BCUT2D eigenvalue weighted by molar-refractivity contribution is 5.80. The first kappa shape index (κ1) is 19.2. The van der Waals surface area contributed by atoms with E-state index in [0.717, 1.165) is 45.2 Å². The number of carbonyl (C=O) groups excluding carboxylic acids is 1. The summed E-state index contributed by atoms with van der Waals surface area (Å²) in [6, 6.07) is 8.60. The quantitative estimate of drug-likeness (QED) is 0.647. The van der Waals surface area contributed by atoms with Crippen molar-refractivity contribution in [1.82, 2.24) is 20.0 Å². The van der Waals surface area contributed by atoms with E-state index in [2.05, 4.69) is 60.4 Å². The van der Waals surface area contributed by atoms with Gasteiger partial charge in [-0.1, -0.05) is 24.3 Å². The van der Waals surface area contributed by atoms with Gasteiger partial charge in [-0.2, -0.15) is 0 Å². The minimum Gasteiger partial charge on any atom is -0.357 e. The van der Waals surface area contributed by atoms with Gasteiger partial charge in [-0.3, -0.25) is 4.79 Å². The van der Waals surface area contributed by atoms with Gasteiger partial charge >= 0.3 is 0 Å². The summed E-state index contributed by atoms with van der Waals surface area (Å²) in [6.45, 7) is 9.33. The molecule has 6 nitrogen and oxygen atoms in total. The standard InChI is InChI=1S/C19H31N5O/c1-5-20-19(24-11-9-23(10-12-24)16(2)25)21-14-17-7-6-8-18(13-17)15-22(3)4/h6-8,13H,5,9-12,14-15H2,1-4H3,(H,20,21). The number of hydrogen-bond donors (Lipinski definition) is 1. The predicted octanol–water partition coefficient (Wildman–Crippen LogP) is 1.38. The summed E-state index contributed by atoms with van der Waals surface area (Å²) in [4.78, 5) is 22.6. The van der Waals surface area contributed by atoms with Crippen LogP contribution in [-0.4, -0.2) is 73.4 Å². The van der Waals surface area contributed by atoms with Gasteiger partial charge in [0.25, 0.3) is 0 Å². The fourth-order valence-electron chi connectivity index (χ4n) is 3.02. The van der Waals surface area contributed by atoms with Crippen molar-refractivity contribution in [2.24, 2.45) is 4.99 Å². The highest BCUT2D eigenvalue weighted by Crippen LogP contribution is 2.09. The van der Waals surface area contributed by atoms with E-state index in [-0.39, 0.29) is 5.91 Å². The highest BCUT2D eigenvalue weighted by Gasteiger charge is 2.20. The monoisotopic (exact) mass is 345 g/mol. The van der Waals surface area contributed by atoms with Gasteiger partial charge in [-0.15, -0.1) is 0 Å². The largest absolute Gasteiger partial charge is 0.357 e. The number of nitrogens with one attached hydrogen (secondary N) is 1. The van der Waals surface area contributed by atoms with Gasteiger partial charge in [0.05, 0.1) is 6.54 Å². The molecule has 1 aliphatic heterocycles. The van der Waals surface area contributed by atoms with Gasteiger partial charge < -0.3 is 20.0 Å². The molecule has 25 heavy (non-hydrogen) atoms. The molecule has 6 heteroatoms. The second kappa shape index (κ2) is 9.42. The average Bonchev–Trinajstić information content (AvgIpc) is 2.58. The molecule has 2 rings (SSSR count). The van der Waals surface area contributed by atoms with Crippen molar-refractivity contribution in [3.8, 4) is 0 Å². The Labute approximate surface area is 151 Å². The van der Waals surface area contributed by atoms with Crippen LogP contribution in [0.1, 0.15) is 25.0 Å². The Morgan fingerprint density at radius 3 is 2.40 bits per heavy atom. The Kier molecular flexibility index (Phi) is 7.25. The summed E-state index contributed by atoms with van der Waals surface area (Å²) in [5.41, 5.74) is 2.52. The summed E-state index contributed by atoms with van der Waals surface area (Å²) < 4.78 is 0. The summed E-state index contributed by atoms with van der Waals surface area (Å²) >= 11 is 0. The number of benzene rings is 1. The molecule has 1 fully saturated rings. The Morgan fingerprint density at radius 2 is 1.80 bits per heavy atom. The number of rotatable bonds is 5. The smallest absolute Gasteiger partial charge is 0.219 e. The molecule has 0 aromatic heterocycles. The predicted molar refractivity (Wildman–Crippen MR) is 102 cm³/mol. The first-order valence-electron chi connectivity index (χ1n) is 9.01. The van der Waals surface area contributed by atoms with E-state index < -0.39 is 0 Å². The zero-order valence-electron chi connectivity index (χ0n) is 16.0. The Bertz CT molecular complexity index is 591. The first-order chi connectivity index (χ1) is 12.0. The van der Waals surface area contributed by atoms with Gasteiger partial charge in [0.1, 0.15) is 0 Å². The van der Waals surface area contributed by atoms with Gasteiger partial charge in [0.15, 0.2) is 5.96 Å². The first-order valence-corrected chi connectivity index (χ1v) is 9.01. The third kappa shape index (κ3) is 6.05. The van der Waals surface area contributed by atoms with E-state index in [1.165, 1.54) is 11.1 Å². The Hall–Kier alpha value is -2.08. The van der Waals surface area contributed by atoms with Gasteiger partial charge in [-0.25, -0.2) is 4.99 Å². The maximum absolute atomic E-state index is 11.5. The molecule has 1 saturated heterocycles. The normalized spacial score (nSPS) is 15.6. The van der Waals surface area contributed by atoms with Crippen LogP contribution in [0.4, 0.5) is 0 Å². The summed E-state index contributed by atoms with van der Waals surface area (Å²) in [7, 11) is 4.16. The van der Waals surface area contributed by atoms with Crippen LogP contribution in [0.3, 0.4) is 0 Å². The van der Waals surface area contributed by atoms with E-state index in [4.69, 9.17) is 4.99 Å². The molecule has 1 amide bonds. The van der Waals surface area contributed by atoms with E-state index in [0.29, 0.717) is 6.54 Å². The van der Waals surface area contributed by atoms with Crippen molar-refractivity contribution in [3.63, 3.8) is 0 Å². The molecule has 1 N–H and O–H groups in total. The SMILES string of the molecule is CCNC(=NCc1cccc(CN(C)C)c1)N1CCN(C(C)=O)CC1. The number of guanidine groups is 1. The fourth-order valence-corrected chi connectivity index (χ4v) is 3.02. The molecule has 0 bridgehead atoms. The molecule has 1 aromatic rings. The van der Waals surface area contributed by atoms with E-state index in [1.807, 2.05) is 4.90 Å². The van der Waals surface area contributed by atoms with Crippen molar-refractivity contribution < 1.29 is 4.79 Å². The summed E-state index contributed by atoms with van der Waals surface area (Å²) in [5, 5.41) is 3.38. The average molecular weight is 345 g/mol. The lowest BCUT2D eigenvalue weighted by Crippen LogP contribution is -2.53. The van der Waals surface area contributed by atoms with Crippen LogP contribution in [0.15, 0.2) is 29.3 Å². The van der Waals surface area contributed by atoms with E-state index >= 15 is 0 Å². The molecular weight excluding hydrogens is 314 g/mol. The van der Waals surface area contributed by atoms with Crippen LogP contribution in [-0.2, 0) is 17.9 Å². The third-order valence-corrected chi connectivity index (χ3v) is 4.26. The van der Waals surface area contributed by atoms with Crippen molar-refractivity contribution >= 4 is 11.9 Å². The molecule has 1 aromatic carbocycles. The zero-order valence-corrected chi connectivity index (χ0v) is 16.0. The topological polar surface area (TPSA) is 51.2 Å². The van der Waals surface area contributed by atoms with E-state index in [1.54, 1.807) is 6.92 Å². The van der Waals surface area contributed by atoms with E-state index in [9.17, 15) is 4.79 Å². The highest BCUT2D eigenvalue weighted by atomic mass is 16.2. The van der Waals surface area contributed by atoms with Crippen LogP contribution < -0.4 is 5.32 Å². The molecule has 0 aliphatic carbocycles. The molecule has 0 spiro atoms. The van der Waals surface area contributed by atoms with Crippen molar-refractivity contribution in [2.75, 3.05) is 46.8 Å².